The molecule has 0 bridgehead atoms. The summed E-state index contributed by atoms with van der Waals surface area (Å²) in [4.78, 5) is 12.7. The van der Waals surface area contributed by atoms with E-state index < -0.39 is 27.3 Å². The zero-order valence-electron chi connectivity index (χ0n) is 18.3. The fourth-order valence-electron chi connectivity index (χ4n) is 4.36. The first kappa shape index (κ1) is 24.9. The first-order chi connectivity index (χ1) is 15.0. The highest BCUT2D eigenvalue weighted by Gasteiger charge is 2.34. The van der Waals surface area contributed by atoms with E-state index in [1.165, 1.54) is 6.07 Å². The number of benzene rings is 2. The van der Waals surface area contributed by atoms with E-state index in [0.29, 0.717) is 11.8 Å². The predicted octanol–water partition coefficient (Wildman–Crippen LogP) is 6.29. The molecule has 1 N–H and O–H groups in total. The molecule has 2 aromatic carbocycles. The van der Waals surface area contributed by atoms with Crippen molar-refractivity contribution in [1.82, 2.24) is 0 Å². The molecule has 0 aromatic heterocycles. The molecule has 1 fully saturated rings. The van der Waals surface area contributed by atoms with E-state index in [1.807, 2.05) is 0 Å². The molecular weight excluding hydrogens is 471 g/mol. The van der Waals surface area contributed by atoms with E-state index in [9.17, 15) is 18.3 Å². The van der Waals surface area contributed by atoms with Gasteiger partial charge in [-0.25, -0.2) is 13.2 Å². The second kappa shape index (κ2) is 10.0. The van der Waals surface area contributed by atoms with Crippen molar-refractivity contribution >= 4 is 39.0 Å². The Balaban J connectivity index is 1.88. The molecular formula is C24H28Cl2O5S. The van der Waals surface area contributed by atoms with E-state index in [4.69, 9.17) is 27.9 Å². The smallest absolute Gasteiger partial charge is 0.338 e. The standard InChI is InChI=1S/C24H28Cl2O5S/c1-14(2)18-9-8-15(3)10-21(18)31-24(28)19-7-5-4-6-16(19)13-32(29,30)22-12-17(25)11-20(26)23(22)27/h4-7,11-12,14-15,18,21,27H,8-10,13H2,1-3H3. The Kier molecular flexibility index (Phi) is 7.79. The van der Waals surface area contributed by atoms with Crippen LogP contribution < -0.4 is 0 Å². The number of carbonyl (C=O) groups excluding carboxylic acids is 1. The lowest BCUT2D eigenvalue weighted by Gasteiger charge is -2.36. The van der Waals surface area contributed by atoms with E-state index in [0.717, 1.165) is 25.3 Å². The van der Waals surface area contributed by atoms with Crippen molar-refractivity contribution in [2.45, 2.75) is 56.8 Å². The Morgan fingerprint density at radius 3 is 2.56 bits per heavy atom. The van der Waals surface area contributed by atoms with Gasteiger partial charge in [0.05, 0.1) is 16.3 Å². The van der Waals surface area contributed by atoms with E-state index in [1.54, 1.807) is 24.3 Å². The second-order valence-electron chi connectivity index (χ2n) is 8.92. The number of ether oxygens (including phenoxy) is 1. The van der Waals surface area contributed by atoms with Crippen LogP contribution in [0.5, 0.6) is 5.75 Å². The van der Waals surface area contributed by atoms with Crippen LogP contribution >= 0.6 is 23.2 Å². The summed E-state index contributed by atoms with van der Waals surface area (Å²) in [5, 5.41) is 10.1. The van der Waals surface area contributed by atoms with E-state index in [2.05, 4.69) is 20.8 Å². The van der Waals surface area contributed by atoms with Crippen molar-refractivity contribution < 1.29 is 23.1 Å². The number of sulfone groups is 1. The average molecular weight is 499 g/mol. The maximum atomic E-state index is 13.1. The van der Waals surface area contributed by atoms with Gasteiger partial charge in [-0.05, 0) is 54.4 Å². The minimum Gasteiger partial charge on any atom is -0.505 e. The van der Waals surface area contributed by atoms with Crippen LogP contribution in [-0.2, 0) is 20.3 Å². The zero-order valence-corrected chi connectivity index (χ0v) is 20.7. The molecule has 3 atom stereocenters. The number of phenols is 1. The number of rotatable bonds is 6. The summed E-state index contributed by atoms with van der Waals surface area (Å²) in [6.07, 6.45) is 2.70. The molecule has 0 amide bonds. The Labute approximate surface area is 199 Å². The lowest BCUT2D eigenvalue weighted by atomic mass is 9.75. The van der Waals surface area contributed by atoms with Gasteiger partial charge in [-0.2, -0.15) is 0 Å². The fraction of sp³-hybridized carbons (Fsp3) is 0.458. The van der Waals surface area contributed by atoms with Crippen LogP contribution in [0.1, 0.15) is 56.0 Å². The number of aromatic hydroxyl groups is 1. The summed E-state index contributed by atoms with van der Waals surface area (Å²) in [5.74, 6) is -0.477. The van der Waals surface area contributed by atoms with Gasteiger partial charge in [0.15, 0.2) is 15.6 Å². The third-order valence-corrected chi connectivity index (χ3v) is 8.31. The van der Waals surface area contributed by atoms with Crippen molar-refractivity contribution in [3.63, 3.8) is 0 Å². The molecule has 0 spiro atoms. The van der Waals surface area contributed by atoms with Crippen LogP contribution in [0, 0.1) is 17.8 Å². The maximum absolute atomic E-state index is 13.1. The second-order valence-corrected chi connectivity index (χ2v) is 11.7. The Morgan fingerprint density at radius 1 is 1.19 bits per heavy atom. The molecule has 3 rings (SSSR count). The summed E-state index contributed by atoms with van der Waals surface area (Å²) >= 11 is 11.8. The number of hydrogen-bond donors (Lipinski definition) is 1. The summed E-state index contributed by atoms with van der Waals surface area (Å²) in [6, 6.07) is 8.88. The SMILES string of the molecule is CC1CCC(C(C)C)C(OC(=O)c2ccccc2CS(=O)(=O)c2cc(Cl)cc(Cl)c2O)C1. The molecule has 2 aromatic rings. The Bertz CT molecular complexity index is 1100. The molecule has 1 aliphatic carbocycles. The van der Waals surface area contributed by atoms with Gasteiger partial charge in [-0.15, -0.1) is 0 Å². The topological polar surface area (TPSA) is 80.7 Å². The molecule has 0 aliphatic heterocycles. The predicted molar refractivity (Wildman–Crippen MR) is 126 cm³/mol. The van der Waals surface area contributed by atoms with Gasteiger partial charge >= 0.3 is 5.97 Å². The van der Waals surface area contributed by atoms with Gasteiger partial charge < -0.3 is 9.84 Å². The quantitative estimate of drug-likeness (QED) is 0.473. The van der Waals surface area contributed by atoms with Gasteiger partial charge in [0.1, 0.15) is 11.0 Å². The molecule has 1 aliphatic rings. The Hall–Kier alpha value is -1.76. The van der Waals surface area contributed by atoms with Gasteiger partial charge in [0.25, 0.3) is 0 Å². The fourth-order valence-corrected chi connectivity index (χ4v) is 6.50. The zero-order chi connectivity index (χ0) is 23.6. The molecule has 0 heterocycles. The first-order valence-electron chi connectivity index (χ1n) is 10.7. The van der Waals surface area contributed by atoms with Gasteiger partial charge in [-0.1, -0.05) is 68.6 Å². The van der Waals surface area contributed by atoms with Crippen molar-refractivity contribution in [1.29, 1.82) is 0 Å². The first-order valence-corrected chi connectivity index (χ1v) is 13.1. The van der Waals surface area contributed by atoms with E-state index >= 15 is 0 Å². The minimum absolute atomic E-state index is 0.0882. The molecule has 1 saturated carbocycles. The van der Waals surface area contributed by atoms with Crippen LogP contribution in [0.25, 0.3) is 0 Å². The van der Waals surface area contributed by atoms with Crippen molar-refractivity contribution in [3.05, 3.63) is 57.6 Å². The van der Waals surface area contributed by atoms with Crippen LogP contribution in [0.15, 0.2) is 41.3 Å². The molecule has 5 nitrogen and oxygen atoms in total. The third kappa shape index (κ3) is 5.59. The van der Waals surface area contributed by atoms with Gasteiger partial charge in [0, 0.05) is 5.02 Å². The average Bonchev–Trinajstić information content (AvgIpc) is 2.70. The molecule has 0 saturated heterocycles. The number of hydrogen-bond acceptors (Lipinski definition) is 5. The minimum atomic E-state index is -4.04. The molecule has 0 radical (unpaired) electrons. The van der Waals surface area contributed by atoms with Crippen molar-refractivity contribution in [2.75, 3.05) is 0 Å². The Morgan fingerprint density at radius 2 is 1.88 bits per heavy atom. The van der Waals surface area contributed by atoms with Crippen molar-refractivity contribution in [3.8, 4) is 5.75 Å². The lowest BCUT2D eigenvalue weighted by molar-refractivity contribution is -0.0174. The largest absolute Gasteiger partial charge is 0.505 e. The normalized spacial score (nSPS) is 21.5. The number of phenolic OH excluding ortho intramolecular Hbond substituents is 1. The van der Waals surface area contributed by atoms with Crippen LogP contribution in [0.4, 0.5) is 0 Å². The van der Waals surface area contributed by atoms with Crippen LogP contribution in [0.3, 0.4) is 0 Å². The summed E-state index contributed by atoms with van der Waals surface area (Å²) < 4.78 is 32.0. The summed E-state index contributed by atoms with van der Waals surface area (Å²) in [7, 11) is -4.04. The van der Waals surface area contributed by atoms with Gasteiger partial charge in [-0.3, -0.25) is 0 Å². The highest BCUT2D eigenvalue weighted by atomic mass is 35.5. The van der Waals surface area contributed by atoms with Gasteiger partial charge in [0.2, 0.25) is 0 Å². The molecule has 3 unspecified atom stereocenters. The summed E-state index contributed by atoms with van der Waals surface area (Å²) in [6.45, 7) is 6.41. The number of carbonyl (C=O) groups is 1. The molecule has 32 heavy (non-hydrogen) atoms. The summed E-state index contributed by atoms with van der Waals surface area (Å²) in [5.41, 5.74) is 0.488. The van der Waals surface area contributed by atoms with Crippen molar-refractivity contribution in [2.24, 2.45) is 17.8 Å². The van der Waals surface area contributed by atoms with E-state index in [-0.39, 0.29) is 38.1 Å². The maximum Gasteiger partial charge on any atom is 0.338 e. The number of esters is 1. The number of halogens is 2. The van der Waals surface area contributed by atoms with Crippen LogP contribution in [0.2, 0.25) is 10.0 Å². The molecule has 174 valence electrons. The molecule has 8 heteroatoms. The monoisotopic (exact) mass is 498 g/mol. The lowest BCUT2D eigenvalue weighted by Crippen LogP contribution is -2.36. The highest BCUT2D eigenvalue weighted by Crippen LogP contribution is 2.37. The highest BCUT2D eigenvalue weighted by molar-refractivity contribution is 7.90. The third-order valence-electron chi connectivity index (χ3n) is 6.13. The van der Waals surface area contributed by atoms with Crippen LogP contribution in [-0.4, -0.2) is 25.6 Å².